The summed E-state index contributed by atoms with van der Waals surface area (Å²) in [5, 5.41) is 14.3. The first-order valence-electron chi connectivity index (χ1n) is 5.37. The van der Waals surface area contributed by atoms with Gasteiger partial charge in [-0.2, -0.15) is 5.10 Å². The molecule has 1 N–H and O–H groups in total. The minimum Gasteiger partial charge on any atom is -0.389 e. The minimum absolute atomic E-state index is 0.528. The second-order valence-electron chi connectivity index (χ2n) is 4.00. The fourth-order valence-corrected chi connectivity index (χ4v) is 1.97. The zero-order valence-corrected chi connectivity index (χ0v) is 10.7. The van der Waals surface area contributed by atoms with Gasteiger partial charge in [-0.1, -0.05) is 17.7 Å². The van der Waals surface area contributed by atoms with Gasteiger partial charge >= 0.3 is 0 Å². The lowest BCUT2D eigenvalue weighted by atomic mass is 10.1. The predicted molar refractivity (Wildman–Crippen MR) is 66.5 cm³/mol. The molecule has 5 heteroatoms. The molecule has 0 aliphatic heterocycles. The van der Waals surface area contributed by atoms with Crippen molar-refractivity contribution in [3.63, 3.8) is 0 Å². The van der Waals surface area contributed by atoms with E-state index in [1.165, 1.54) is 0 Å². The molecule has 1 atom stereocenters. The van der Waals surface area contributed by atoms with Crippen molar-refractivity contribution in [3.8, 4) is 5.69 Å². The normalized spacial score (nSPS) is 12.8. The largest absolute Gasteiger partial charge is 0.389 e. The lowest BCUT2D eigenvalue weighted by Gasteiger charge is -2.09. The van der Waals surface area contributed by atoms with Crippen molar-refractivity contribution in [2.24, 2.45) is 0 Å². The number of hydrogen-bond acceptors (Lipinski definition) is 3. The zero-order valence-electron chi connectivity index (χ0n) is 9.98. The van der Waals surface area contributed by atoms with Crippen LogP contribution in [0.15, 0.2) is 18.2 Å². The van der Waals surface area contributed by atoms with E-state index in [2.05, 4.69) is 10.1 Å². The fourth-order valence-electron chi connectivity index (χ4n) is 1.70. The Bertz CT molecular complexity index is 549. The number of aliphatic hydroxyl groups excluding tert-OH is 1. The second kappa shape index (κ2) is 4.47. The first kappa shape index (κ1) is 12.1. The molecule has 0 unspecified atom stereocenters. The Morgan fingerprint density at radius 2 is 2.06 bits per heavy atom. The average molecular weight is 252 g/mol. The third kappa shape index (κ3) is 2.33. The topological polar surface area (TPSA) is 50.9 Å². The first-order valence-corrected chi connectivity index (χ1v) is 5.75. The summed E-state index contributed by atoms with van der Waals surface area (Å²) in [4.78, 5) is 4.23. The van der Waals surface area contributed by atoms with E-state index >= 15 is 0 Å². The van der Waals surface area contributed by atoms with Gasteiger partial charge in [-0.15, -0.1) is 0 Å². The van der Waals surface area contributed by atoms with Crippen molar-refractivity contribution in [2.75, 3.05) is 0 Å². The quantitative estimate of drug-likeness (QED) is 0.893. The van der Waals surface area contributed by atoms with Crippen molar-refractivity contribution in [3.05, 3.63) is 40.4 Å². The molecule has 0 fully saturated rings. The van der Waals surface area contributed by atoms with Crippen molar-refractivity contribution >= 4 is 11.6 Å². The van der Waals surface area contributed by atoms with E-state index in [1.807, 2.05) is 26.0 Å². The number of aromatic nitrogens is 3. The Labute approximate surface area is 105 Å². The summed E-state index contributed by atoms with van der Waals surface area (Å²) >= 11 is 6.19. The third-order valence-corrected chi connectivity index (χ3v) is 2.86. The maximum absolute atomic E-state index is 9.47. The highest BCUT2D eigenvalue weighted by molar-refractivity contribution is 6.32. The molecular weight excluding hydrogens is 238 g/mol. The first-order chi connectivity index (χ1) is 7.99. The highest BCUT2D eigenvalue weighted by Gasteiger charge is 2.10. The molecule has 0 saturated heterocycles. The van der Waals surface area contributed by atoms with E-state index in [4.69, 9.17) is 11.6 Å². The van der Waals surface area contributed by atoms with Gasteiger partial charge in [0.1, 0.15) is 11.6 Å². The van der Waals surface area contributed by atoms with E-state index in [0.29, 0.717) is 10.8 Å². The molecule has 0 spiro atoms. The Kier molecular flexibility index (Phi) is 3.17. The number of aryl methyl sites for hydroxylation is 2. The monoisotopic (exact) mass is 251 g/mol. The van der Waals surface area contributed by atoms with Crippen LogP contribution in [0.2, 0.25) is 5.02 Å². The predicted octanol–water partition coefficient (Wildman–Crippen LogP) is 2.59. The van der Waals surface area contributed by atoms with Crippen molar-refractivity contribution in [1.82, 2.24) is 14.8 Å². The van der Waals surface area contributed by atoms with Gasteiger partial charge in [0.25, 0.3) is 0 Å². The molecule has 0 radical (unpaired) electrons. The summed E-state index contributed by atoms with van der Waals surface area (Å²) in [6.07, 6.45) is -0.528. The van der Waals surface area contributed by atoms with Crippen LogP contribution in [0.3, 0.4) is 0 Å². The number of nitrogens with zero attached hydrogens (tertiary/aromatic N) is 3. The van der Waals surface area contributed by atoms with E-state index in [-0.39, 0.29) is 0 Å². The Morgan fingerprint density at radius 3 is 2.53 bits per heavy atom. The van der Waals surface area contributed by atoms with Gasteiger partial charge in [-0.3, -0.25) is 0 Å². The molecule has 17 heavy (non-hydrogen) atoms. The molecule has 0 aliphatic rings. The smallest absolute Gasteiger partial charge is 0.148 e. The number of benzene rings is 1. The van der Waals surface area contributed by atoms with Crippen molar-refractivity contribution < 1.29 is 5.11 Å². The molecule has 0 amide bonds. The molecule has 0 saturated carbocycles. The Morgan fingerprint density at radius 1 is 1.35 bits per heavy atom. The van der Waals surface area contributed by atoms with Crippen LogP contribution in [0.5, 0.6) is 0 Å². The molecular formula is C12H14ClN3O. The number of rotatable bonds is 2. The molecule has 1 aromatic heterocycles. The summed E-state index contributed by atoms with van der Waals surface area (Å²) < 4.78 is 1.70. The highest BCUT2D eigenvalue weighted by Crippen LogP contribution is 2.25. The SMILES string of the molecule is Cc1nc(C)n(-c2ccc([C@H](C)O)cc2Cl)n1. The Hall–Kier alpha value is -1.39. The molecule has 1 aromatic carbocycles. The summed E-state index contributed by atoms with van der Waals surface area (Å²) in [6, 6.07) is 5.42. The maximum atomic E-state index is 9.47. The molecule has 0 aliphatic carbocycles. The van der Waals surface area contributed by atoms with Gasteiger partial charge in [0, 0.05) is 0 Å². The van der Waals surface area contributed by atoms with Gasteiger partial charge < -0.3 is 5.11 Å². The highest BCUT2D eigenvalue weighted by atomic mass is 35.5. The molecule has 2 rings (SSSR count). The van der Waals surface area contributed by atoms with Crippen LogP contribution in [-0.4, -0.2) is 19.9 Å². The van der Waals surface area contributed by atoms with E-state index in [0.717, 1.165) is 17.1 Å². The van der Waals surface area contributed by atoms with Gasteiger partial charge in [0.15, 0.2) is 0 Å². The zero-order chi connectivity index (χ0) is 12.6. The standard InChI is InChI=1S/C12H14ClN3O/c1-7(17)10-4-5-12(11(13)6-10)16-9(3)14-8(2)15-16/h4-7,17H,1-3H3/t7-/m0/s1. The van der Waals surface area contributed by atoms with Crippen LogP contribution in [0, 0.1) is 13.8 Å². The van der Waals surface area contributed by atoms with E-state index < -0.39 is 6.10 Å². The molecule has 90 valence electrons. The molecule has 1 heterocycles. The minimum atomic E-state index is -0.528. The van der Waals surface area contributed by atoms with Crippen LogP contribution < -0.4 is 0 Å². The second-order valence-corrected chi connectivity index (χ2v) is 4.41. The number of aliphatic hydroxyl groups is 1. The van der Waals surface area contributed by atoms with Gasteiger partial charge in [-0.05, 0) is 38.5 Å². The lowest BCUT2D eigenvalue weighted by Crippen LogP contribution is -2.01. The van der Waals surface area contributed by atoms with E-state index in [1.54, 1.807) is 17.7 Å². The third-order valence-electron chi connectivity index (χ3n) is 2.56. The van der Waals surface area contributed by atoms with Gasteiger partial charge in [0.2, 0.25) is 0 Å². The van der Waals surface area contributed by atoms with Gasteiger partial charge in [-0.25, -0.2) is 9.67 Å². The van der Waals surface area contributed by atoms with Crippen LogP contribution >= 0.6 is 11.6 Å². The van der Waals surface area contributed by atoms with Gasteiger partial charge in [0.05, 0.1) is 16.8 Å². The summed E-state index contributed by atoms with van der Waals surface area (Å²) in [6.45, 7) is 5.41. The number of halogens is 1. The van der Waals surface area contributed by atoms with Crippen LogP contribution in [0.4, 0.5) is 0 Å². The van der Waals surface area contributed by atoms with Crippen molar-refractivity contribution in [1.29, 1.82) is 0 Å². The Balaban J connectivity index is 2.50. The molecule has 0 bridgehead atoms. The average Bonchev–Trinajstić information content (AvgIpc) is 2.57. The van der Waals surface area contributed by atoms with Crippen LogP contribution in [0.1, 0.15) is 30.2 Å². The van der Waals surface area contributed by atoms with Crippen LogP contribution in [0.25, 0.3) is 5.69 Å². The summed E-state index contributed by atoms with van der Waals surface area (Å²) in [5.41, 5.74) is 1.56. The van der Waals surface area contributed by atoms with Crippen LogP contribution in [-0.2, 0) is 0 Å². The van der Waals surface area contributed by atoms with Crippen molar-refractivity contribution in [2.45, 2.75) is 26.9 Å². The van der Waals surface area contributed by atoms with E-state index in [9.17, 15) is 5.11 Å². The molecule has 4 nitrogen and oxygen atoms in total. The maximum Gasteiger partial charge on any atom is 0.148 e. The number of hydrogen-bond donors (Lipinski definition) is 1. The fraction of sp³-hybridized carbons (Fsp3) is 0.333. The lowest BCUT2D eigenvalue weighted by molar-refractivity contribution is 0.199. The molecule has 2 aromatic rings. The summed E-state index contributed by atoms with van der Waals surface area (Å²) in [5.74, 6) is 1.49. The summed E-state index contributed by atoms with van der Waals surface area (Å²) in [7, 11) is 0.